The van der Waals surface area contributed by atoms with Gasteiger partial charge in [0.25, 0.3) is 5.91 Å². The molecule has 0 bridgehead atoms. The lowest BCUT2D eigenvalue weighted by Crippen LogP contribution is -2.25. The molecule has 0 saturated carbocycles. The van der Waals surface area contributed by atoms with Crippen molar-refractivity contribution in [3.05, 3.63) is 72.3 Å². The van der Waals surface area contributed by atoms with E-state index in [-0.39, 0.29) is 5.91 Å². The van der Waals surface area contributed by atoms with Crippen LogP contribution in [0.25, 0.3) is 10.8 Å². The molecule has 3 aromatic rings. The molecular formula is C25H30N2O. The van der Waals surface area contributed by atoms with Crippen LogP contribution in [-0.4, -0.2) is 12.5 Å². The van der Waals surface area contributed by atoms with E-state index in [1.807, 2.05) is 48.5 Å². The number of amides is 1. The molecule has 28 heavy (non-hydrogen) atoms. The molecule has 0 fully saturated rings. The molecule has 3 nitrogen and oxygen atoms in total. The lowest BCUT2D eigenvalue weighted by Gasteiger charge is -2.14. The molecule has 3 heteroatoms. The number of anilines is 2. The summed E-state index contributed by atoms with van der Waals surface area (Å²) >= 11 is 0. The molecule has 2 N–H and O–H groups in total. The molecule has 1 amide bonds. The zero-order chi connectivity index (χ0) is 19.6. The van der Waals surface area contributed by atoms with Gasteiger partial charge in [0.05, 0.1) is 11.3 Å². The van der Waals surface area contributed by atoms with Crippen molar-refractivity contribution in [1.29, 1.82) is 0 Å². The smallest absolute Gasteiger partial charge is 0.253 e. The number of para-hydroxylation sites is 1. The maximum Gasteiger partial charge on any atom is 0.253 e. The number of benzene rings is 3. The van der Waals surface area contributed by atoms with Crippen molar-refractivity contribution in [3.63, 3.8) is 0 Å². The predicted molar refractivity (Wildman–Crippen MR) is 119 cm³/mol. The summed E-state index contributed by atoms with van der Waals surface area (Å²) < 4.78 is 0. The van der Waals surface area contributed by atoms with Gasteiger partial charge in [-0.05, 0) is 30.0 Å². The SMILES string of the molecule is CCCCCCCCNC(=O)c1ccccc1Nc1cccc2ccccc12. The minimum absolute atomic E-state index is 0.0168. The van der Waals surface area contributed by atoms with Crippen LogP contribution in [0.15, 0.2) is 66.7 Å². The minimum atomic E-state index is -0.0168. The zero-order valence-corrected chi connectivity index (χ0v) is 16.7. The normalized spacial score (nSPS) is 10.8. The highest BCUT2D eigenvalue weighted by Crippen LogP contribution is 2.28. The van der Waals surface area contributed by atoms with Crippen LogP contribution in [0.1, 0.15) is 55.8 Å². The topological polar surface area (TPSA) is 41.1 Å². The van der Waals surface area contributed by atoms with E-state index < -0.39 is 0 Å². The maximum absolute atomic E-state index is 12.7. The molecule has 3 aromatic carbocycles. The van der Waals surface area contributed by atoms with Crippen molar-refractivity contribution in [2.45, 2.75) is 45.4 Å². The summed E-state index contributed by atoms with van der Waals surface area (Å²) in [5, 5.41) is 8.86. The fourth-order valence-electron chi connectivity index (χ4n) is 3.47. The first-order valence-corrected chi connectivity index (χ1v) is 10.4. The molecule has 0 radical (unpaired) electrons. The van der Waals surface area contributed by atoms with Crippen LogP contribution < -0.4 is 10.6 Å². The largest absolute Gasteiger partial charge is 0.354 e. The van der Waals surface area contributed by atoms with Crippen molar-refractivity contribution >= 4 is 28.1 Å². The van der Waals surface area contributed by atoms with Crippen molar-refractivity contribution in [2.75, 3.05) is 11.9 Å². The fourth-order valence-corrected chi connectivity index (χ4v) is 3.47. The van der Waals surface area contributed by atoms with Crippen LogP contribution in [0.4, 0.5) is 11.4 Å². The highest BCUT2D eigenvalue weighted by Gasteiger charge is 2.11. The molecule has 0 aliphatic rings. The average molecular weight is 375 g/mol. The van der Waals surface area contributed by atoms with Crippen molar-refractivity contribution in [3.8, 4) is 0 Å². The average Bonchev–Trinajstić information content (AvgIpc) is 2.73. The summed E-state index contributed by atoms with van der Waals surface area (Å²) in [5.41, 5.74) is 2.52. The Balaban J connectivity index is 1.63. The maximum atomic E-state index is 12.7. The molecule has 0 unspecified atom stereocenters. The third-order valence-electron chi connectivity index (χ3n) is 5.05. The van der Waals surface area contributed by atoms with Gasteiger partial charge in [0.15, 0.2) is 0 Å². The molecule has 0 aliphatic heterocycles. The second kappa shape index (κ2) is 10.5. The van der Waals surface area contributed by atoms with Gasteiger partial charge in [-0.3, -0.25) is 4.79 Å². The minimum Gasteiger partial charge on any atom is -0.354 e. The van der Waals surface area contributed by atoms with E-state index in [9.17, 15) is 4.79 Å². The summed E-state index contributed by atoms with van der Waals surface area (Å²) in [4.78, 5) is 12.7. The number of rotatable bonds is 10. The third-order valence-corrected chi connectivity index (χ3v) is 5.05. The number of unbranched alkanes of at least 4 members (excludes halogenated alkanes) is 5. The summed E-state index contributed by atoms with van der Waals surface area (Å²) in [7, 11) is 0. The van der Waals surface area contributed by atoms with Gasteiger partial charge in [0.2, 0.25) is 0 Å². The Morgan fingerprint density at radius 1 is 0.750 bits per heavy atom. The summed E-state index contributed by atoms with van der Waals surface area (Å²) in [6.45, 7) is 2.96. The molecular weight excluding hydrogens is 344 g/mol. The van der Waals surface area contributed by atoms with E-state index in [4.69, 9.17) is 0 Å². The van der Waals surface area contributed by atoms with Crippen molar-refractivity contribution in [2.24, 2.45) is 0 Å². The second-order valence-corrected chi connectivity index (χ2v) is 7.22. The first-order valence-electron chi connectivity index (χ1n) is 10.4. The van der Waals surface area contributed by atoms with E-state index in [2.05, 4.69) is 35.8 Å². The van der Waals surface area contributed by atoms with Crippen LogP contribution in [0.5, 0.6) is 0 Å². The number of hydrogen-bond donors (Lipinski definition) is 2. The zero-order valence-electron chi connectivity index (χ0n) is 16.7. The van der Waals surface area contributed by atoms with E-state index in [0.29, 0.717) is 5.56 Å². The van der Waals surface area contributed by atoms with Crippen LogP contribution in [-0.2, 0) is 0 Å². The van der Waals surface area contributed by atoms with E-state index in [1.165, 1.54) is 37.5 Å². The molecule has 0 spiro atoms. The van der Waals surface area contributed by atoms with Gasteiger partial charge in [-0.2, -0.15) is 0 Å². The van der Waals surface area contributed by atoms with Crippen LogP contribution in [0.2, 0.25) is 0 Å². The molecule has 0 heterocycles. The fraction of sp³-hybridized carbons (Fsp3) is 0.320. The number of carbonyl (C=O) groups is 1. The predicted octanol–water partition coefficient (Wildman–Crippen LogP) is 6.67. The van der Waals surface area contributed by atoms with E-state index in [0.717, 1.165) is 29.7 Å². The van der Waals surface area contributed by atoms with Gasteiger partial charge in [-0.15, -0.1) is 0 Å². The highest BCUT2D eigenvalue weighted by atomic mass is 16.1. The molecule has 0 atom stereocenters. The Morgan fingerprint density at radius 3 is 2.32 bits per heavy atom. The van der Waals surface area contributed by atoms with Gasteiger partial charge in [0, 0.05) is 17.6 Å². The van der Waals surface area contributed by atoms with E-state index in [1.54, 1.807) is 0 Å². The molecule has 0 aliphatic carbocycles. The Labute approximate surface area is 168 Å². The van der Waals surface area contributed by atoms with Crippen LogP contribution in [0.3, 0.4) is 0 Å². The summed E-state index contributed by atoms with van der Waals surface area (Å²) in [6.07, 6.45) is 7.33. The standard InChI is InChI=1S/C25H30N2O/c1-2-3-4-5-6-11-19-26-25(28)22-16-9-10-17-24(22)27-23-18-12-14-20-13-7-8-15-21(20)23/h7-10,12-18,27H,2-6,11,19H2,1H3,(H,26,28). The lowest BCUT2D eigenvalue weighted by molar-refractivity contribution is 0.0954. The Hall–Kier alpha value is -2.81. The Morgan fingerprint density at radius 2 is 1.43 bits per heavy atom. The van der Waals surface area contributed by atoms with Crippen molar-refractivity contribution in [1.82, 2.24) is 5.32 Å². The summed E-state index contributed by atoms with van der Waals surface area (Å²) in [6, 6.07) is 22.1. The van der Waals surface area contributed by atoms with Crippen LogP contribution in [0, 0.1) is 0 Å². The lowest BCUT2D eigenvalue weighted by atomic mass is 10.1. The Bertz CT molecular complexity index is 898. The molecule has 3 rings (SSSR count). The van der Waals surface area contributed by atoms with Crippen LogP contribution >= 0.6 is 0 Å². The van der Waals surface area contributed by atoms with Crippen molar-refractivity contribution < 1.29 is 4.79 Å². The first kappa shape index (κ1) is 19.9. The van der Waals surface area contributed by atoms with Gasteiger partial charge in [0.1, 0.15) is 0 Å². The summed E-state index contributed by atoms with van der Waals surface area (Å²) in [5.74, 6) is -0.0168. The van der Waals surface area contributed by atoms with Gasteiger partial charge in [-0.25, -0.2) is 0 Å². The first-order chi connectivity index (χ1) is 13.8. The number of nitrogens with one attached hydrogen (secondary N) is 2. The Kier molecular flexibility index (Phi) is 7.48. The second-order valence-electron chi connectivity index (χ2n) is 7.22. The number of fused-ring (bicyclic) bond motifs is 1. The number of carbonyl (C=O) groups excluding carboxylic acids is 1. The number of hydrogen-bond acceptors (Lipinski definition) is 2. The molecule has 0 aromatic heterocycles. The van der Waals surface area contributed by atoms with Gasteiger partial charge >= 0.3 is 0 Å². The molecule has 0 saturated heterocycles. The van der Waals surface area contributed by atoms with Gasteiger partial charge in [-0.1, -0.05) is 87.6 Å². The monoisotopic (exact) mass is 374 g/mol. The quantitative estimate of drug-likeness (QED) is 0.389. The van der Waals surface area contributed by atoms with Gasteiger partial charge < -0.3 is 10.6 Å². The third kappa shape index (κ3) is 5.35. The highest BCUT2D eigenvalue weighted by molar-refractivity contribution is 6.02. The van der Waals surface area contributed by atoms with E-state index >= 15 is 0 Å². The molecule has 146 valence electrons.